The molecule has 0 spiro atoms. The number of fused-ring (bicyclic) bond motifs is 1. The van der Waals surface area contributed by atoms with Crippen molar-refractivity contribution >= 4 is 5.82 Å². The Balaban J connectivity index is 1.69. The highest BCUT2D eigenvalue weighted by atomic mass is 19.3. The largest absolute Gasteiger partial charge is 0.467 e. The van der Waals surface area contributed by atoms with Gasteiger partial charge in [0.25, 0.3) is 6.43 Å². The number of nitrogens with one attached hydrogen (secondary N) is 1. The Kier molecular flexibility index (Phi) is 6.40. The Bertz CT molecular complexity index is 897. The van der Waals surface area contributed by atoms with Gasteiger partial charge < -0.3 is 24.6 Å². The van der Waals surface area contributed by atoms with Crippen LogP contribution in [0.15, 0.2) is 18.2 Å². The SMILES string of the molecule is COCOc1cc(C(F)F)ccc1-c1nnc(N[C@@H]2CCCC[C@H]2O)c2c1COC2. The van der Waals surface area contributed by atoms with Gasteiger partial charge >= 0.3 is 0 Å². The van der Waals surface area contributed by atoms with Crippen LogP contribution in [0.3, 0.4) is 0 Å². The fraction of sp³-hybridized carbons (Fsp3) is 0.524. The summed E-state index contributed by atoms with van der Waals surface area (Å²) in [7, 11) is 1.46. The van der Waals surface area contributed by atoms with Crippen LogP contribution in [0.1, 0.15) is 48.8 Å². The molecule has 7 nitrogen and oxygen atoms in total. The number of nitrogens with zero attached hydrogens (tertiary/aromatic N) is 2. The molecule has 0 amide bonds. The summed E-state index contributed by atoms with van der Waals surface area (Å²) < 4.78 is 42.5. The molecule has 0 bridgehead atoms. The maximum atomic E-state index is 13.2. The number of hydrogen-bond acceptors (Lipinski definition) is 7. The van der Waals surface area contributed by atoms with Crippen LogP contribution < -0.4 is 10.1 Å². The van der Waals surface area contributed by atoms with Crippen molar-refractivity contribution in [1.82, 2.24) is 10.2 Å². The normalized spacial score (nSPS) is 21.0. The van der Waals surface area contributed by atoms with E-state index in [0.717, 1.165) is 36.8 Å². The maximum Gasteiger partial charge on any atom is 0.263 e. The van der Waals surface area contributed by atoms with Crippen molar-refractivity contribution in [2.75, 3.05) is 19.2 Å². The first-order valence-corrected chi connectivity index (χ1v) is 10.0. The molecule has 162 valence electrons. The number of halogens is 2. The number of aliphatic hydroxyl groups is 1. The number of aliphatic hydroxyl groups excluding tert-OH is 1. The average molecular weight is 421 g/mol. The van der Waals surface area contributed by atoms with Crippen LogP contribution in [-0.2, 0) is 22.7 Å². The lowest BCUT2D eigenvalue weighted by Gasteiger charge is -2.29. The molecule has 0 unspecified atom stereocenters. The van der Waals surface area contributed by atoms with Crippen LogP contribution >= 0.6 is 0 Å². The second-order valence-corrected chi connectivity index (χ2v) is 7.56. The van der Waals surface area contributed by atoms with Gasteiger partial charge in [-0.05, 0) is 25.0 Å². The van der Waals surface area contributed by atoms with E-state index in [1.807, 2.05) is 0 Å². The molecular weight excluding hydrogens is 396 g/mol. The van der Waals surface area contributed by atoms with Gasteiger partial charge in [0.2, 0.25) is 0 Å². The minimum atomic E-state index is -2.61. The van der Waals surface area contributed by atoms with Gasteiger partial charge in [0, 0.05) is 29.4 Å². The zero-order valence-corrected chi connectivity index (χ0v) is 16.7. The van der Waals surface area contributed by atoms with Gasteiger partial charge in [0.15, 0.2) is 12.6 Å². The van der Waals surface area contributed by atoms with E-state index in [9.17, 15) is 13.9 Å². The highest BCUT2D eigenvalue weighted by Crippen LogP contribution is 2.39. The van der Waals surface area contributed by atoms with Gasteiger partial charge in [-0.2, -0.15) is 0 Å². The predicted molar refractivity (Wildman–Crippen MR) is 105 cm³/mol. The fourth-order valence-corrected chi connectivity index (χ4v) is 3.97. The Morgan fingerprint density at radius 2 is 2.00 bits per heavy atom. The molecule has 0 saturated heterocycles. The van der Waals surface area contributed by atoms with Crippen LogP contribution in [0.2, 0.25) is 0 Å². The Morgan fingerprint density at radius 1 is 1.20 bits per heavy atom. The van der Waals surface area contributed by atoms with Gasteiger partial charge in [0.1, 0.15) is 11.4 Å². The number of aromatic nitrogens is 2. The van der Waals surface area contributed by atoms with Crippen molar-refractivity contribution in [3.63, 3.8) is 0 Å². The second-order valence-electron chi connectivity index (χ2n) is 7.56. The molecule has 1 saturated carbocycles. The lowest BCUT2D eigenvalue weighted by molar-refractivity contribution is 0.0511. The summed E-state index contributed by atoms with van der Waals surface area (Å²) in [5, 5.41) is 22.3. The van der Waals surface area contributed by atoms with Crippen molar-refractivity contribution in [3.8, 4) is 17.0 Å². The standard InChI is InChI=1S/C21H25F2N3O4/c1-28-11-30-18-8-12(20(22)23)6-7-13(18)19-14-9-29-10-15(14)21(26-25-19)24-16-4-2-3-5-17(16)27/h6-8,16-17,20,27H,2-5,9-11H2,1H3,(H,24,26)/t16-,17-/m1/s1. The van der Waals surface area contributed by atoms with Crippen LogP contribution in [0.25, 0.3) is 11.3 Å². The molecule has 0 radical (unpaired) electrons. The number of rotatable bonds is 7. The molecule has 2 N–H and O–H groups in total. The number of ether oxygens (including phenoxy) is 3. The molecule has 1 aromatic carbocycles. The third-order valence-corrected chi connectivity index (χ3v) is 5.58. The maximum absolute atomic E-state index is 13.2. The summed E-state index contributed by atoms with van der Waals surface area (Å²) in [6.45, 7) is 0.625. The highest BCUT2D eigenvalue weighted by Gasteiger charge is 2.29. The summed E-state index contributed by atoms with van der Waals surface area (Å²) in [5.41, 5.74) is 2.65. The van der Waals surface area contributed by atoms with Crippen molar-refractivity contribution in [3.05, 3.63) is 34.9 Å². The van der Waals surface area contributed by atoms with Gasteiger partial charge in [-0.15, -0.1) is 10.2 Å². The lowest BCUT2D eigenvalue weighted by Crippen LogP contribution is -2.37. The molecule has 1 aliphatic carbocycles. The third-order valence-electron chi connectivity index (χ3n) is 5.58. The van der Waals surface area contributed by atoms with Crippen molar-refractivity contribution in [2.24, 2.45) is 0 Å². The monoisotopic (exact) mass is 421 g/mol. The van der Waals surface area contributed by atoms with Crippen LogP contribution in [0.5, 0.6) is 5.75 Å². The van der Waals surface area contributed by atoms with E-state index in [1.165, 1.54) is 19.2 Å². The number of anilines is 1. The molecule has 2 aliphatic rings. The summed E-state index contributed by atoms with van der Waals surface area (Å²) in [5.74, 6) is 0.849. The molecule has 1 aliphatic heterocycles. The average Bonchev–Trinajstić information content (AvgIpc) is 3.24. The summed E-state index contributed by atoms with van der Waals surface area (Å²) in [6, 6.07) is 4.14. The van der Waals surface area contributed by atoms with Gasteiger partial charge in [-0.3, -0.25) is 0 Å². The van der Waals surface area contributed by atoms with Crippen LogP contribution in [0.4, 0.5) is 14.6 Å². The molecular formula is C21H25F2N3O4. The van der Waals surface area contributed by atoms with Crippen LogP contribution in [0, 0.1) is 0 Å². The smallest absolute Gasteiger partial charge is 0.263 e. The zero-order valence-electron chi connectivity index (χ0n) is 16.7. The van der Waals surface area contributed by atoms with Crippen molar-refractivity contribution in [2.45, 2.75) is 57.5 Å². The molecule has 2 heterocycles. The summed E-state index contributed by atoms with van der Waals surface area (Å²) >= 11 is 0. The van der Waals surface area contributed by atoms with E-state index in [1.54, 1.807) is 6.07 Å². The Hall–Kier alpha value is -2.36. The summed E-state index contributed by atoms with van der Waals surface area (Å²) in [6.07, 6.45) is 0.662. The number of methoxy groups -OCH3 is 1. The van der Waals surface area contributed by atoms with Gasteiger partial charge in [-0.25, -0.2) is 8.78 Å². The number of alkyl halides is 2. The predicted octanol–water partition coefficient (Wildman–Crippen LogP) is 3.81. The first kappa shape index (κ1) is 20.9. The van der Waals surface area contributed by atoms with E-state index >= 15 is 0 Å². The fourth-order valence-electron chi connectivity index (χ4n) is 3.97. The highest BCUT2D eigenvalue weighted by molar-refractivity contribution is 5.73. The molecule has 2 atom stereocenters. The molecule has 4 rings (SSSR count). The molecule has 1 fully saturated rings. The quantitative estimate of drug-likeness (QED) is 0.658. The number of hydrogen-bond donors (Lipinski definition) is 2. The first-order chi connectivity index (χ1) is 14.6. The van der Waals surface area contributed by atoms with Crippen LogP contribution in [-0.4, -0.2) is 41.4 Å². The van der Waals surface area contributed by atoms with Gasteiger partial charge in [-0.1, -0.05) is 18.9 Å². The molecule has 30 heavy (non-hydrogen) atoms. The third kappa shape index (κ3) is 4.23. The van der Waals surface area contributed by atoms with E-state index in [-0.39, 0.29) is 24.1 Å². The van der Waals surface area contributed by atoms with Crippen molar-refractivity contribution < 1.29 is 28.1 Å². The minimum Gasteiger partial charge on any atom is -0.467 e. The zero-order chi connectivity index (χ0) is 21.1. The van der Waals surface area contributed by atoms with E-state index < -0.39 is 12.5 Å². The Morgan fingerprint density at radius 3 is 2.77 bits per heavy atom. The molecule has 2 aromatic rings. The van der Waals surface area contributed by atoms with Crippen molar-refractivity contribution in [1.29, 1.82) is 0 Å². The van der Waals surface area contributed by atoms with E-state index in [4.69, 9.17) is 14.2 Å². The minimum absolute atomic E-state index is 0.0745. The van der Waals surface area contributed by atoms with Gasteiger partial charge in [0.05, 0.1) is 25.4 Å². The second kappa shape index (κ2) is 9.20. The molecule has 9 heteroatoms. The Labute approximate surface area is 173 Å². The van der Waals surface area contributed by atoms with E-state index in [0.29, 0.717) is 30.3 Å². The lowest BCUT2D eigenvalue weighted by atomic mass is 9.92. The number of benzene rings is 1. The molecule has 1 aromatic heterocycles. The topological polar surface area (TPSA) is 85.7 Å². The first-order valence-electron chi connectivity index (χ1n) is 10.0. The van der Waals surface area contributed by atoms with E-state index in [2.05, 4.69) is 15.5 Å². The summed E-state index contributed by atoms with van der Waals surface area (Å²) in [4.78, 5) is 0.